The standard InChI is InChI=1S/C16H20N2O6S2/c1-11-9-26-16(22)17(11)6-4-14(20)24-7-3-5-18-12(19)10-25-13(18)8-15(21)23-2/h8-9H,3-7,10H2,1-2H3/b13-8+. The summed E-state index contributed by atoms with van der Waals surface area (Å²) < 4.78 is 11.3. The van der Waals surface area contributed by atoms with Crippen LogP contribution in [0.5, 0.6) is 0 Å². The Morgan fingerprint density at radius 3 is 2.73 bits per heavy atom. The Balaban J connectivity index is 1.73. The normalized spacial score (nSPS) is 15.5. The van der Waals surface area contributed by atoms with E-state index in [1.165, 1.54) is 34.4 Å². The Kier molecular flexibility index (Phi) is 7.46. The second kappa shape index (κ2) is 9.58. The molecular formula is C16H20N2O6S2. The van der Waals surface area contributed by atoms with Gasteiger partial charge in [-0.15, -0.1) is 0 Å². The molecule has 8 nitrogen and oxygen atoms in total. The maximum atomic E-state index is 11.9. The molecule has 0 saturated carbocycles. The van der Waals surface area contributed by atoms with Gasteiger partial charge in [0.2, 0.25) is 5.91 Å². The third kappa shape index (κ3) is 5.46. The van der Waals surface area contributed by atoms with Crippen molar-refractivity contribution >= 4 is 40.9 Å². The van der Waals surface area contributed by atoms with E-state index in [1.807, 2.05) is 6.92 Å². The number of thiazole rings is 1. The van der Waals surface area contributed by atoms with Crippen LogP contribution in [0.15, 0.2) is 21.3 Å². The van der Waals surface area contributed by atoms with Crippen LogP contribution in [0.2, 0.25) is 0 Å². The number of ether oxygens (including phenoxy) is 2. The molecule has 2 heterocycles. The first kappa shape index (κ1) is 20.2. The molecule has 10 heteroatoms. The average molecular weight is 400 g/mol. The van der Waals surface area contributed by atoms with Crippen LogP contribution in [0, 0.1) is 6.92 Å². The fourth-order valence-corrected chi connectivity index (χ4v) is 4.00. The zero-order chi connectivity index (χ0) is 19.1. The minimum Gasteiger partial charge on any atom is -0.466 e. The van der Waals surface area contributed by atoms with Gasteiger partial charge in [0.15, 0.2) is 0 Å². The Hall–Kier alpha value is -2.07. The number of thioether (sulfide) groups is 1. The predicted octanol–water partition coefficient (Wildman–Crippen LogP) is 1.13. The summed E-state index contributed by atoms with van der Waals surface area (Å²) in [6.45, 7) is 2.62. The Bertz CT molecular complexity index is 767. The number of hydrogen-bond acceptors (Lipinski definition) is 8. The number of rotatable bonds is 8. The van der Waals surface area contributed by atoms with Crippen molar-refractivity contribution in [3.8, 4) is 0 Å². The van der Waals surface area contributed by atoms with Crippen LogP contribution >= 0.6 is 23.1 Å². The zero-order valence-electron chi connectivity index (χ0n) is 14.6. The Morgan fingerprint density at radius 1 is 1.31 bits per heavy atom. The smallest absolute Gasteiger partial charge is 0.333 e. The van der Waals surface area contributed by atoms with Gasteiger partial charge < -0.3 is 18.9 Å². The van der Waals surface area contributed by atoms with E-state index < -0.39 is 11.9 Å². The van der Waals surface area contributed by atoms with E-state index in [-0.39, 0.29) is 29.6 Å². The van der Waals surface area contributed by atoms with Crippen molar-refractivity contribution in [3.05, 3.63) is 31.8 Å². The SMILES string of the molecule is COC(=O)/C=C1/SCC(=O)N1CCCOC(=O)CCn1c(C)csc1=O. The van der Waals surface area contributed by atoms with Gasteiger partial charge in [-0.3, -0.25) is 14.4 Å². The summed E-state index contributed by atoms with van der Waals surface area (Å²) >= 11 is 2.38. The molecule has 1 fully saturated rings. The zero-order valence-corrected chi connectivity index (χ0v) is 16.2. The second-order valence-corrected chi connectivity index (χ2v) is 7.27. The molecule has 1 aromatic rings. The minimum atomic E-state index is -0.516. The van der Waals surface area contributed by atoms with E-state index in [0.29, 0.717) is 24.5 Å². The Labute approximate surface area is 158 Å². The third-order valence-electron chi connectivity index (χ3n) is 3.66. The lowest BCUT2D eigenvalue weighted by Gasteiger charge is -2.16. The van der Waals surface area contributed by atoms with Crippen LogP contribution in [0.25, 0.3) is 0 Å². The van der Waals surface area contributed by atoms with Gasteiger partial charge in [0.05, 0.1) is 37.0 Å². The summed E-state index contributed by atoms with van der Waals surface area (Å²) in [5.74, 6) is -0.728. The number of esters is 2. The Morgan fingerprint density at radius 2 is 2.08 bits per heavy atom. The van der Waals surface area contributed by atoms with Gasteiger partial charge >= 0.3 is 16.8 Å². The van der Waals surface area contributed by atoms with Crippen molar-refractivity contribution < 1.29 is 23.9 Å². The fraction of sp³-hybridized carbons (Fsp3) is 0.500. The molecule has 0 N–H and O–H groups in total. The van der Waals surface area contributed by atoms with Crippen molar-refractivity contribution in [1.29, 1.82) is 0 Å². The summed E-state index contributed by atoms with van der Waals surface area (Å²) in [6.07, 6.45) is 1.85. The summed E-state index contributed by atoms with van der Waals surface area (Å²) in [4.78, 5) is 47.9. The largest absolute Gasteiger partial charge is 0.466 e. The predicted molar refractivity (Wildman–Crippen MR) is 97.8 cm³/mol. The molecule has 0 unspecified atom stereocenters. The molecule has 1 saturated heterocycles. The second-order valence-electron chi connectivity index (χ2n) is 5.46. The van der Waals surface area contributed by atoms with E-state index in [9.17, 15) is 19.2 Å². The first-order chi connectivity index (χ1) is 12.4. The molecule has 1 aromatic heterocycles. The quantitative estimate of drug-likeness (QED) is 0.367. The minimum absolute atomic E-state index is 0.0923. The molecule has 1 amide bonds. The van der Waals surface area contributed by atoms with Crippen LogP contribution in [0.4, 0.5) is 0 Å². The van der Waals surface area contributed by atoms with Crippen molar-refractivity contribution in [2.75, 3.05) is 26.0 Å². The molecule has 142 valence electrons. The van der Waals surface area contributed by atoms with Gasteiger partial charge in [-0.05, 0) is 13.3 Å². The van der Waals surface area contributed by atoms with Gasteiger partial charge in [0, 0.05) is 24.2 Å². The van der Waals surface area contributed by atoms with Crippen molar-refractivity contribution in [2.45, 2.75) is 26.3 Å². The molecule has 0 spiro atoms. The van der Waals surface area contributed by atoms with Gasteiger partial charge in [0.1, 0.15) is 0 Å². The lowest BCUT2D eigenvalue weighted by molar-refractivity contribution is -0.144. The van der Waals surface area contributed by atoms with E-state index in [2.05, 4.69) is 4.74 Å². The lowest BCUT2D eigenvalue weighted by atomic mass is 10.3. The monoisotopic (exact) mass is 400 g/mol. The van der Waals surface area contributed by atoms with Crippen LogP contribution in [0.3, 0.4) is 0 Å². The van der Waals surface area contributed by atoms with E-state index in [4.69, 9.17) is 4.74 Å². The summed E-state index contributed by atoms with van der Waals surface area (Å²) in [7, 11) is 1.27. The maximum Gasteiger partial charge on any atom is 0.333 e. The molecular weight excluding hydrogens is 380 g/mol. The number of aromatic nitrogens is 1. The highest BCUT2D eigenvalue weighted by atomic mass is 32.2. The van der Waals surface area contributed by atoms with Crippen molar-refractivity contribution in [2.24, 2.45) is 0 Å². The lowest BCUT2D eigenvalue weighted by Crippen LogP contribution is -2.27. The first-order valence-corrected chi connectivity index (χ1v) is 9.82. The van der Waals surface area contributed by atoms with Crippen LogP contribution in [-0.4, -0.2) is 53.3 Å². The van der Waals surface area contributed by atoms with E-state index in [1.54, 1.807) is 5.38 Å². The highest BCUT2D eigenvalue weighted by Crippen LogP contribution is 2.28. The van der Waals surface area contributed by atoms with Crippen LogP contribution in [0.1, 0.15) is 18.5 Å². The highest BCUT2D eigenvalue weighted by Gasteiger charge is 2.27. The van der Waals surface area contributed by atoms with Crippen molar-refractivity contribution in [3.63, 3.8) is 0 Å². The number of carbonyl (C=O) groups is 3. The molecule has 0 aliphatic carbocycles. The number of nitrogens with zero attached hydrogens (tertiary/aromatic N) is 2. The average Bonchev–Trinajstić information content (AvgIpc) is 3.12. The van der Waals surface area contributed by atoms with Gasteiger partial charge in [-0.25, -0.2) is 4.79 Å². The topological polar surface area (TPSA) is 94.9 Å². The molecule has 0 aromatic carbocycles. The number of hydrogen-bond donors (Lipinski definition) is 0. The number of amides is 1. The fourth-order valence-electron chi connectivity index (χ4n) is 2.29. The molecule has 26 heavy (non-hydrogen) atoms. The summed E-state index contributed by atoms with van der Waals surface area (Å²) in [5, 5.41) is 2.29. The van der Waals surface area contributed by atoms with E-state index >= 15 is 0 Å². The van der Waals surface area contributed by atoms with Gasteiger partial charge in [-0.1, -0.05) is 23.1 Å². The van der Waals surface area contributed by atoms with Gasteiger partial charge in [0.25, 0.3) is 0 Å². The van der Waals surface area contributed by atoms with Crippen LogP contribution in [-0.2, 0) is 30.4 Å². The molecule has 0 bridgehead atoms. The molecule has 1 aliphatic rings. The highest BCUT2D eigenvalue weighted by molar-refractivity contribution is 8.04. The van der Waals surface area contributed by atoms with E-state index in [0.717, 1.165) is 17.0 Å². The van der Waals surface area contributed by atoms with Crippen LogP contribution < -0.4 is 4.87 Å². The number of carbonyl (C=O) groups excluding carboxylic acids is 3. The molecule has 2 rings (SSSR count). The molecule has 0 atom stereocenters. The molecule has 1 aliphatic heterocycles. The summed E-state index contributed by atoms with van der Waals surface area (Å²) in [6, 6.07) is 0. The third-order valence-corrected chi connectivity index (χ3v) is 5.56. The summed E-state index contributed by atoms with van der Waals surface area (Å²) in [5.41, 5.74) is 0.822. The molecule has 0 radical (unpaired) electrons. The van der Waals surface area contributed by atoms with Gasteiger partial charge in [-0.2, -0.15) is 0 Å². The number of aryl methyl sites for hydroxylation is 1. The number of methoxy groups -OCH3 is 1. The maximum absolute atomic E-state index is 11.9. The van der Waals surface area contributed by atoms with Crippen molar-refractivity contribution in [1.82, 2.24) is 9.47 Å². The first-order valence-electron chi connectivity index (χ1n) is 7.95.